The number of fused-ring (bicyclic) bond motifs is 1. The Balaban J connectivity index is 1.52. The topological polar surface area (TPSA) is 71.1 Å². The van der Waals surface area contributed by atoms with Crippen LogP contribution in [0.2, 0.25) is 0 Å². The maximum Gasteiger partial charge on any atom is 0.254 e. The average molecular weight is 355 g/mol. The smallest absolute Gasteiger partial charge is 0.254 e. The molecule has 3 aromatic rings. The molecule has 2 N–H and O–H groups in total. The molecule has 0 bridgehead atoms. The van der Waals surface area contributed by atoms with Gasteiger partial charge in [-0.3, -0.25) is 14.6 Å². The lowest BCUT2D eigenvalue weighted by Crippen LogP contribution is -2.28. The zero-order valence-corrected chi connectivity index (χ0v) is 13.6. The van der Waals surface area contributed by atoms with Crippen LogP contribution in [0.1, 0.15) is 16.8 Å². The van der Waals surface area contributed by atoms with Gasteiger partial charge in [0.15, 0.2) is 0 Å². The Bertz CT molecular complexity index is 976. The lowest BCUT2D eigenvalue weighted by molar-refractivity contribution is -0.116. The van der Waals surface area contributed by atoms with Crippen LogP contribution in [0.3, 0.4) is 0 Å². The van der Waals surface area contributed by atoms with Crippen molar-refractivity contribution in [3.63, 3.8) is 0 Å². The molecule has 5 nitrogen and oxygen atoms in total. The second-order valence-corrected chi connectivity index (χ2v) is 5.59. The monoisotopic (exact) mass is 355 g/mol. The van der Waals surface area contributed by atoms with Gasteiger partial charge in [0.1, 0.15) is 11.6 Å². The van der Waals surface area contributed by atoms with Gasteiger partial charge in [0.05, 0.1) is 23.0 Å². The number of amides is 2. The van der Waals surface area contributed by atoms with Crippen LogP contribution >= 0.6 is 0 Å². The number of anilines is 1. The summed E-state index contributed by atoms with van der Waals surface area (Å²) in [6.45, 7) is 0.0164. The zero-order chi connectivity index (χ0) is 18.5. The molecule has 2 aromatic carbocycles. The van der Waals surface area contributed by atoms with E-state index in [9.17, 15) is 18.4 Å². The van der Waals surface area contributed by atoms with Gasteiger partial charge < -0.3 is 10.6 Å². The summed E-state index contributed by atoms with van der Waals surface area (Å²) in [5.41, 5.74) is 1.09. The fourth-order valence-corrected chi connectivity index (χ4v) is 2.42. The molecule has 0 atom stereocenters. The summed E-state index contributed by atoms with van der Waals surface area (Å²) in [6, 6.07) is 12.0. The predicted molar refractivity (Wildman–Crippen MR) is 93.7 cm³/mol. The summed E-state index contributed by atoms with van der Waals surface area (Å²) in [6.07, 6.45) is 1.55. The SMILES string of the molecule is O=C(CCNC(=O)c1ccc(F)cc1F)Nc1cnc2ccccc2c1. The molecule has 0 saturated heterocycles. The van der Waals surface area contributed by atoms with Gasteiger partial charge in [-0.15, -0.1) is 0 Å². The fourth-order valence-electron chi connectivity index (χ4n) is 2.42. The fraction of sp³-hybridized carbons (Fsp3) is 0.105. The number of carbonyl (C=O) groups excluding carboxylic acids is 2. The van der Waals surface area contributed by atoms with Crippen LogP contribution < -0.4 is 10.6 Å². The van der Waals surface area contributed by atoms with Gasteiger partial charge in [0, 0.05) is 24.4 Å². The van der Waals surface area contributed by atoms with Crippen LogP contribution in [0, 0.1) is 11.6 Å². The third-order valence-corrected chi connectivity index (χ3v) is 3.69. The van der Waals surface area contributed by atoms with Crippen molar-refractivity contribution in [3.05, 3.63) is 71.9 Å². The molecule has 26 heavy (non-hydrogen) atoms. The molecule has 0 radical (unpaired) electrons. The molecule has 132 valence electrons. The number of para-hydroxylation sites is 1. The van der Waals surface area contributed by atoms with Crippen molar-refractivity contribution in [2.75, 3.05) is 11.9 Å². The number of halogens is 2. The normalized spacial score (nSPS) is 10.5. The Morgan fingerprint density at radius 1 is 1.04 bits per heavy atom. The molecule has 2 amide bonds. The summed E-state index contributed by atoms with van der Waals surface area (Å²) in [4.78, 5) is 28.1. The molecule has 1 heterocycles. The average Bonchev–Trinajstić information content (AvgIpc) is 2.61. The third-order valence-electron chi connectivity index (χ3n) is 3.69. The second kappa shape index (κ2) is 7.69. The Morgan fingerprint density at radius 3 is 2.65 bits per heavy atom. The Kier molecular flexibility index (Phi) is 5.17. The van der Waals surface area contributed by atoms with Crippen LogP contribution in [-0.2, 0) is 4.79 Å². The Labute approximate surface area is 148 Å². The third kappa shape index (κ3) is 4.18. The molecular formula is C19H15F2N3O2. The van der Waals surface area contributed by atoms with Crippen LogP contribution in [0.15, 0.2) is 54.7 Å². The number of pyridine rings is 1. The molecule has 0 spiro atoms. The van der Waals surface area contributed by atoms with Gasteiger partial charge in [-0.1, -0.05) is 18.2 Å². The van der Waals surface area contributed by atoms with E-state index in [2.05, 4.69) is 15.6 Å². The first-order chi connectivity index (χ1) is 12.5. The maximum absolute atomic E-state index is 13.5. The summed E-state index contributed by atoms with van der Waals surface area (Å²) in [5.74, 6) is -2.73. The highest BCUT2D eigenvalue weighted by molar-refractivity contribution is 5.96. The van der Waals surface area contributed by atoms with Gasteiger partial charge >= 0.3 is 0 Å². The van der Waals surface area contributed by atoms with Crippen LogP contribution in [-0.4, -0.2) is 23.3 Å². The van der Waals surface area contributed by atoms with E-state index >= 15 is 0 Å². The van der Waals surface area contributed by atoms with E-state index in [1.54, 1.807) is 12.3 Å². The van der Waals surface area contributed by atoms with E-state index in [-0.39, 0.29) is 24.4 Å². The van der Waals surface area contributed by atoms with E-state index in [4.69, 9.17) is 0 Å². The van der Waals surface area contributed by atoms with E-state index in [0.717, 1.165) is 23.0 Å². The number of nitrogens with one attached hydrogen (secondary N) is 2. The molecule has 0 aliphatic carbocycles. The van der Waals surface area contributed by atoms with Crippen molar-refractivity contribution in [2.45, 2.75) is 6.42 Å². The van der Waals surface area contributed by atoms with Gasteiger partial charge in [-0.2, -0.15) is 0 Å². The summed E-state index contributed by atoms with van der Waals surface area (Å²) >= 11 is 0. The van der Waals surface area contributed by atoms with Crippen LogP contribution in [0.25, 0.3) is 10.9 Å². The summed E-state index contributed by atoms with van der Waals surface area (Å²) in [7, 11) is 0. The van der Waals surface area contributed by atoms with Crippen LogP contribution in [0.5, 0.6) is 0 Å². The summed E-state index contributed by atoms with van der Waals surface area (Å²) in [5, 5.41) is 6.01. The molecule has 7 heteroatoms. The number of benzene rings is 2. The number of carbonyl (C=O) groups is 2. The highest BCUT2D eigenvalue weighted by Gasteiger charge is 2.12. The minimum atomic E-state index is -0.950. The molecule has 3 rings (SSSR count). The van der Waals surface area contributed by atoms with E-state index in [1.165, 1.54) is 0 Å². The predicted octanol–water partition coefficient (Wildman–Crippen LogP) is 3.27. The summed E-state index contributed by atoms with van der Waals surface area (Å²) < 4.78 is 26.4. The number of nitrogens with zero attached hydrogens (tertiary/aromatic N) is 1. The van der Waals surface area contributed by atoms with Crippen molar-refractivity contribution in [3.8, 4) is 0 Å². The van der Waals surface area contributed by atoms with E-state index < -0.39 is 17.5 Å². The number of rotatable bonds is 5. The number of aromatic nitrogens is 1. The first-order valence-electron chi connectivity index (χ1n) is 7.91. The molecule has 0 aliphatic heterocycles. The maximum atomic E-state index is 13.5. The van der Waals surface area contributed by atoms with Gasteiger partial charge in [-0.25, -0.2) is 8.78 Å². The van der Waals surface area contributed by atoms with Crippen molar-refractivity contribution in [1.29, 1.82) is 0 Å². The molecular weight excluding hydrogens is 340 g/mol. The van der Waals surface area contributed by atoms with E-state index in [1.807, 2.05) is 24.3 Å². The van der Waals surface area contributed by atoms with Crippen molar-refractivity contribution >= 4 is 28.4 Å². The molecule has 0 unspecified atom stereocenters. The van der Waals surface area contributed by atoms with Gasteiger partial charge in [0.2, 0.25) is 5.91 Å². The molecule has 1 aromatic heterocycles. The minimum absolute atomic E-state index is 0.00137. The highest BCUT2D eigenvalue weighted by atomic mass is 19.1. The quantitative estimate of drug-likeness (QED) is 0.738. The van der Waals surface area contributed by atoms with Crippen molar-refractivity contribution in [1.82, 2.24) is 10.3 Å². The highest BCUT2D eigenvalue weighted by Crippen LogP contribution is 2.16. The lowest BCUT2D eigenvalue weighted by atomic mass is 10.2. The Morgan fingerprint density at radius 2 is 1.85 bits per heavy atom. The van der Waals surface area contributed by atoms with Crippen molar-refractivity contribution in [2.24, 2.45) is 0 Å². The van der Waals surface area contributed by atoms with E-state index in [0.29, 0.717) is 11.8 Å². The van der Waals surface area contributed by atoms with Crippen molar-refractivity contribution < 1.29 is 18.4 Å². The van der Waals surface area contributed by atoms with Crippen LogP contribution in [0.4, 0.5) is 14.5 Å². The molecule has 0 aliphatic rings. The number of hydrogen-bond donors (Lipinski definition) is 2. The standard InChI is InChI=1S/C19H15F2N3O2/c20-13-5-6-15(16(21)10-13)19(26)22-8-7-18(25)24-14-9-12-3-1-2-4-17(12)23-11-14/h1-6,9-11H,7-8H2,(H,22,26)(H,24,25). The molecule has 0 saturated carbocycles. The zero-order valence-electron chi connectivity index (χ0n) is 13.6. The lowest BCUT2D eigenvalue weighted by Gasteiger charge is -2.08. The van der Waals surface area contributed by atoms with Gasteiger partial charge in [-0.05, 0) is 24.3 Å². The molecule has 0 fully saturated rings. The minimum Gasteiger partial charge on any atom is -0.351 e. The first-order valence-corrected chi connectivity index (χ1v) is 7.91. The number of hydrogen-bond acceptors (Lipinski definition) is 3. The largest absolute Gasteiger partial charge is 0.351 e. The Hall–Kier alpha value is -3.35. The van der Waals surface area contributed by atoms with Gasteiger partial charge in [0.25, 0.3) is 5.91 Å². The first kappa shape index (κ1) is 17.5. The second-order valence-electron chi connectivity index (χ2n) is 5.59.